The summed E-state index contributed by atoms with van der Waals surface area (Å²) in [5.74, 6) is 0.722. The van der Waals surface area contributed by atoms with Crippen LogP contribution in [-0.4, -0.2) is 29.9 Å². The Bertz CT molecular complexity index is 805. The number of aromatic nitrogens is 1. The summed E-state index contributed by atoms with van der Waals surface area (Å²) in [6.07, 6.45) is 3.94. The van der Waals surface area contributed by atoms with Crippen molar-refractivity contribution >= 4 is 23.3 Å². The van der Waals surface area contributed by atoms with E-state index < -0.39 is 0 Å². The van der Waals surface area contributed by atoms with Crippen molar-refractivity contribution in [2.75, 3.05) is 23.4 Å². The number of anilines is 2. The smallest absolute Gasteiger partial charge is 0.230 e. The van der Waals surface area contributed by atoms with E-state index in [-0.39, 0.29) is 24.2 Å². The normalized spacial score (nSPS) is 16.4. The van der Waals surface area contributed by atoms with Crippen molar-refractivity contribution in [3.05, 3.63) is 48.2 Å². The number of ether oxygens (including phenoxy) is 1. The second kappa shape index (κ2) is 8.66. The summed E-state index contributed by atoms with van der Waals surface area (Å²) in [7, 11) is 0. The number of amides is 2. The molecule has 0 saturated carbocycles. The molecule has 1 N–H and O–H groups in total. The van der Waals surface area contributed by atoms with Crippen LogP contribution >= 0.6 is 0 Å². The number of nitrogens with zero attached hydrogens (tertiary/aromatic N) is 2. The monoisotopic (exact) mass is 367 g/mol. The van der Waals surface area contributed by atoms with Crippen molar-refractivity contribution in [1.29, 1.82) is 0 Å². The highest BCUT2D eigenvalue weighted by Gasteiger charge is 2.35. The quantitative estimate of drug-likeness (QED) is 0.760. The predicted molar refractivity (Wildman–Crippen MR) is 105 cm³/mol. The molecule has 1 atom stereocenters. The first kappa shape index (κ1) is 18.9. The first-order chi connectivity index (χ1) is 13.1. The molecule has 1 fully saturated rings. The number of hydrogen-bond acceptors (Lipinski definition) is 4. The summed E-state index contributed by atoms with van der Waals surface area (Å²) in [4.78, 5) is 30.8. The number of carbonyl (C=O) groups excluding carboxylic acids is 2. The highest BCUT2D eigenvalue weighted by Crippen LogP contribution is 2.27. The minimum absolute atomic E-state index is 0.0486. The molecule has 0 bridgehead atoms. The lowest BCUT2D eigenvalue weighted by Gasteiger charge is -2.17. The molecule has 0 unspecified atom stereocenters. The van der Waals surface area contributed by atoms with Gasteiger partial charge in [-0.05, 0) is 49.2 Å². The average molecular weight is 367 g/mol. The summed E-state index contributed by atoms with van der Waals surface area (Å²) in [5, 5.41) is 2.83. The molecule has 142 valence electrons. The van der Waals surface area contributed by atoms with Crippen molar-refractivity contribution in [3.8, 4) is 5.75 Å². The van der Waals surface area contributed by atoms with Crippen LogP contribution in [0.15, 0.2) is 42.6 Å². The minimum atomic E-state index is -0.389. The average Bonchev–Trinajstić information content (AvgIpc) is 3.06. The van der Waals surface area contributed by atoms with Gasteiger partial charge < -0.3 is 15.0 Å². The Morgan fingerprint density at radius 2 is 2.07 bits per heavy atom. The maximum atomic E-state index is 12.5. The van der Waals surface area contributed by atoms with E-state index in [9.17, 15) is 9.59 Å². The van der Waals surface area contributed by atoms with Gasteiger partial charge in [0.1, 0.15) is 11.6 Å². The molecule has 6 heteroatoms. The lowest BCUT2D eigenvalue weighted by molar-refractivity contribution is -0.122. The molecule has 2 heterocycles. The standard InChI is InChI=1S/C21H25N3O3/c1-3-4-12-27-18-9-7-17(8-10-18)24-14-16(13-19(24)25)21(26)23-20-15(2)6-5-11-22-20/h5-11,16H,3-4,12-14H2,1-2H3,(H,22,23,26)/t16-/m1/s1. The maximum absolute atomic E-state index is 12.5. The molecular formula is C21H25N3O3. The molecule has 1 saturated heterocycles. The summed E-state index contributed by atoms with van der Waals surface area (Å²) in [6.45, 7) is 5.06. The molecule has 6 nitrogen and oxygen atoms in total. The van der Waals surface area contributed by atoms with Crippen molar-refractivity contribution in [3.63, 3.8) is 0 Å². The molecule has 1 aliphatic rings. The lowest BCUT2D eigenvalue weighted by Crippen LogP contribution is -2.28. The maximum Gasteiger partial charge on any atom is 0.230 e. The molecule has 0 aliphatic carbocycles. The third-order valence-corrected chi connectivity index (χ3v) is 4.66. The molecule has 2 aromatic rings. The Labute approximate surface area is 159 Å². The predicted octanol–water partition coefficient (Wildman–Crippen LogP) is 3.56. The first-order valence-corrected chi connectivity index (χ1v) is 9.34. The topological polar surface area (TPSA) is 71.5 Å². The van der Waals surface area contributed by atoms with Crippen molar-refractivity contribution in [2.24, 2.45) is 5.92 Å². The number of pyridine rings is 1. The summed E-state index contributed by atoms with van der Waals surface area (Å²) >= 11 is 0. The van der Waals surface area contributed by atoms with Crippen LogP contribution in [0.4, 0.5) is 11.5 Å². The van der Waals surface area contributed by atoms with Gasteiger partial charge in [0.05, 0.1) is 12.5 Å². The van der Waals surface area contributed by atoms with Gasteiger partial charge in [0.25, 0.3) is 0 Å². The zero-order valence-corrected chi connectivity index (χ0v) is 15.8. The van der Waals surface area contributed by atoms with Gasteiger partial charge in [-0.25, -0.2) is 4.98 Å². The first-order valence-electron chi connectivity index (χ1n) is 9.34. The molecule has 3 rings (SSSR count). The van der Waals surface area contributed by atoms with Gasteiger partial charge in [-0.15, -0.1) is 0 Å². The number of unbranched alkanes of at least 4 members (excludes halogenated alkanes) is 1. The van der Waals surface area contributed by atoms with Crippen molar-refractivity contribution in [2.45, 2.75) is 33.1 Å². The molecule has 1 aliphatic heterocycles. The molecule has 0 spiro atoms. The minimum Gasteiger partial charge on any atom is -0.494 e. The van der Waals surface area contributed by atoms with Crippen LogP contribution in [-0.2, 0) is 9.59 Å². The lowest BCUT2D eigenvalue weighted by atomic mass is 10.1. The Morgan fingerprint density at radius 1 is 1.30 bits per heavy atom. The van der Waals surface area contributed by atoms with E-state index in [2.05, 4.69) is 17.2 Å². The van der Waals surface area contributed by atoms with E-state index in [1.54, 1.807) is 11.1 Å². The van der Waals surface area contributed by atoms with Crippen molar-refractivity contribution in [1.82, 2.24) is 4.98 Å². The Morgan fingerprint density at radius 3 is 2.78 bits per heavy atom. The van der Waals surface area contributed by atoms with Gasteiger partial charge in [0, 0.05) is 24.8 Å². The van der Waals surface area contributed by atoms with Crippen molar-refractivity contribution < 1.29 is 14.3 Å². The second-order valence-electron chi connectivity index (χ2n) is 6.76. The number of nitrogens with one attached hydrogen (secondary N) is 1. The van der Waals surface area contributed by atoms with Gasteiger partial charge in [-0.1, -0.05) is 19.4 Å². The fourth-order valence-electron chi connectivity index (χ4n) is 3.02. The van der Waals surface area contributed by atoms with E-state index in [0.29, 0.717) is 19.0 Å². The van der Waals surface area contributed by atoms with Crippen LogP contribution in [0.2, 0.25) is 0 Å². The molecule has 1 aromatic carbocycles. The van der Waals surface area contributed by atoms with Crippen LogP contribution in [0.3, 0.4) is 0 Å². The van der Waals surface area contributed by atoms with E-state index in [1.807, 2.05) is 43.3 Å². The molecule has 27 heavy (non-hydrogen) atoms. The zero-order chi connectivity index (χ0) is 19.2. The van der Waals surface area contributed by atoms with Gasteiger partial charge in [-0.3, -0.25) is 9.59 Å². The molecule has 1 aromatic heterocycles. The van der Waals surface area contributed by atoms with Crippen LogP contribution in [0, 0.1) is 12.8 Å². The van der Waals surface area contributed by atoms with Gasteiger partial charge in [-0.2, -0.15) is 0 Å². The highest BCUT2D eigenvalue weighted by molar-refractivity contribution is 6.03. The van der Waals surface area contributed by atoms with Gasteiger partial charge >= 0.3 is 0 Å². The van der Waals surface area contributed by atoms with E-state index >= 15 is 0 Å². The Kier molecular flexibility index (Phi) is 6.06. The molecular weight excluding hydrogens is 342 g/mol. The SMILES string of the molecule is CCCCOc1ccc(N2C[C@H](C(=O)Nc3ncccc3C)CC2=O)cc1. The van der Waals surface area contributed by atoms with E-state index in [4.69, 9.17) is 4.74 Å². The Hall–Kier alpha value is -2.89. The van der Waals surface area contributed by atoms with Crippen LogP contribution in [0.5, 0.6) is 5.75 Å². The number of carbonyl (C=O) groups is 2. The molecule has 2 amide bonds. The van der Waals surface area contributed by atoms with Crippen LogP contribution in [0.1, 0.15) is 31.7 Å². The van der Waals surface area contributed by atoms with Gasteiger partial charge in [0.15, 0.2) is 0 Å². The number of rotatable bonds is 7. The highest BCUT2D eigenvalue weighted by atomic mass is 16.5. The van der Waals surface area contributed by atoms with Gasteiger partial charge in [0.2, 0.25) is 11.8 Å². The number of benzene rings is 1. The third-order valence-electron chi connectivity index (χ3n) is 4.66. The van der Waals surface area contributed by atoms with E-state index in [0.717, 1.165) is 29.8 Å². The van der Waals surface area contributed by atoms with Crippen LogP contribution in [0.25, 0.3) is 0 Å². The second-order valence-corrected chi connectivity index (χ2v) is 6.76. The Balaban J connectivity index is 1.61. The van der Waals surface area contributed by atoms with Crippen LogP contribution < -0.4 is 15.0 Å². The summed E-state index contributed by atoms with van der Waals surface area (Å²) in [6, 6.07) is 11.2. The molecule has 0 radical (unpaired) electrons. The fourth-order valence-corrected chi connectivity index (χ4v) is 3.02. The summed E-state index contributed by atoms with van der Waals surface area (Å²) in [5.41, 5.74) is 1.68. The fraction of sp³-hybridized carbons (Fsp3) is 0.381. The summed E-state index contributed by atoms with van der Waals surface area (Å²) < 4.78 is 5.65. The third kappa shape index (κ3) is 4.64. The van der Waals surface area contributed by atoms with E-state index in [1.165, 1.54) is 0 Å². The number of aryl methyl sites for hydroxylation is 1. The zero-order valence-electron chi connectivity index (χ0n) is 15.8. The number of hydrogen-bond donors (Lipinski definition) is 1. The largest absolute Gasteiger partial charge is 0.494 e.